The number of methoxy groups -OCH3 is 1. The summed E-state index contributed by atoms with van der Waals surface area (Å²) < 4.78 is 16.3. The van der Waals surface area contributed by atoms with Crippen LogP contribution < -0.4 is 19.5 Å². The maximum Gasteiger partial charge on any atom is 0.257 e. The molecule has 2 rings (SSSR count). The molecule has 2 aromatic carbocycles. The van der Waals surface area contributed by atoms with Gasteiger partial charge in [0.2, 0.25) is 0 Å². The molecule has 0 atom stereocenters. The third-order valence-electron chi connectivity index (χ3n) is 3.33. The van der Waals surface area contributed by atoms with Crippen molar-refractivity contribution in [2.45, 2.75) is 13.3 Å². The second kappa shape index (κ2) is 9.45. The van der Waals surface area contributed by atoms with Gasteiger partial charge in [-0.25, -0.2) is 0 Å². The lowest BCUT2D eigenvalue weighted by Gasteiger charge is -2.11. The van der Waals surface area contributed by atoms with E-state index in [1.807, 2.05) is 43.3 Å². The summed E-state index contributed by atoms with van der Waals surface area (Å²) in [7, 11) is 1.57. The minimum absolute atomic E-state index is 0.0425. The van der Waals surface area contributed by atoms with E-state index in [9.17, 15) is 4.79 Å². The third kappa shape index (κ3) is 5.83. The molecule has 0 unspecified atom stereocenters. The van der Waals surface area contributed by atoms with E-state index in [0.717, 1.165) is 17.7 Å². The van der Waals surface area contributed by atoms with Gasteiger partial charge in [-0.15, -0.1) is 0 Å². The second-order valence-electron chi connectivity index (χ2n) is 5.31. The summed E-state index contributed by atoms with van der Waals surface area (Å²) in [5.41, 5.74) is 1.16. The number of aryl methyl sites for hydroxylation is 1. The van der Waals surface area contributed by atoms with Crippen molar-refractivity contribution >= 4 is 5.91 Å². The highest BCUT2D eigenvalue weighted by Crippen LogP contribution is 2.25. The fourth-order valence-electron chi connectivity index (χ4n) is 2.13. The molecule has 0 saturated carbocycles. The van der Waals surface area contributed by atoms with E-state index in [1.54, 1.807) is 19.2 Å². The average Bonchev–Trinajstić information content (AvgIpc) is 2.60. The van der Waals surface area contributed by atoms with Crippen LogP contribution in [-0.4, -0.2) is 32.8 Å². The predicted octanol–water partition coefficient (Wildman–Crippen LogP) is 2.97. The number of ether oxygens (including phenoxy) is 3. The zero-order chi connectivity index (χ0) is 17.2. The van der Waals surface area contributed by atoms with Gasteiger partial charge in [0.25, 0.3) is 5.91 Å². The predicted molar refractivity (Wildman–Crippen MR) is 92.8 cm³/mol. The molecule has 0 heterocycles. The Morgan fingerprint density at radius 2 is 1.83 bits per heavy atom. The molecule has 0 aliphatic rings. The van der Waals surface area contributed by atoms with Crippen molar-refractivity contribution in [2.24, 2.45) is 0 Å². The van der Waals surface area contributed by atoms with Crippen molar-refractivity contribution in [3.05, 3.63) is 54.1 Å². The second-order valence-corrected chi connectivity index (χ2v) is 5.31. The van der Waals surface area contributed by atoms with Gasteiger partial charge >= 0.3 is 0 Å². The Hall–Kier alpha value is -2.69. The third-order valence-corrected chi connectivity index (χ3v) is 3.33. The highest BCUT2D eigenvalue weighted by molar-refractivity contribution is 5.77. The molecule has 0 fully saturated rings. The van der Waals surface area contributed by atoms with Crippen LogP contribution in [0.3, 0.4) is 0 Å². The maximum atomic E-state index is 11.8. The summed E-state index contributed by atoms with van der Waals surface area (Å²) in [6, 6.07) is 15.1. The molecule has 5 heteroatoms. The summed E-state index contributed by atoms with van der Waals surface area (Å²) in [6.07, 6.45) is 0.730. The number of benzene rings is 2. The molecule has 2 aromatic rings. The quantitative estimate of drug-likeness (QED) is 0.719. The SMILES string of the molecule is COc1ccccc1OCC(=O)NCCCOc1cccc(C)c1. The first-order chi connectivity index (χ1) is 11.7. The van der Waals surface area contributed by atoms with Gasteiger partial charge in [0.15, 0.2) is 18.1 Å². The molecule has 128 valence electrons. The van der Waals surface area contributed by atoms with Crippen molar-refractivity contribution in [3.8, 4) is 17.2 Å². The summed E-state index contributed by atoms with van der Waals surface area (Å²) in [5.74, 6) is 1.84. The van der Waals surface area contributed by atoms with E-state index in [2.05, 4.69) is 5.32 Å². The Kier molecular flexibility index (Phi) is 6.95. The summed E-state index contributed by atoms with van der Waals surface area (Å²) in [6.45, 7) is 3.07. The van der Waals surface area contributed by atoms with Gasteiger partial charge in [-0.2, -0.15) is 0 Å². The van der Waals surface area contributed by atoms with Crippen LogP contribution in [0.15, 0.2) is 48.5 Å². The van der Waals surface area contributed by atoms with E-state index in [1.165, 1.54) is 0 Å². The largest absolute Gasteiger partial charge is 0.494 e. The van der Waals surface area contributed by atoms with Gasteiger partial charge < -0.3 is 19.5 Å². The number of amides is 1. The van der Waals surface area contributed by atoms with Crippen LogP contribution in [-0.2, 0) is 4.79 Å². The topological polar surface area (TPSA) is 56.8 Å². The number of nitrogens with one attached hydrogen (secondary N) is 1. The fourth-order valence-corrected chi connectivity index (χ4v) is 2.13. The highest BCUT2D eigenvalue weighted by atomic mass is 16.5. The van der Waals surface area contributed by atoms with Gasteiger partial charge in [-0.3, -0.25) is 4.79 Å². The molecule has 0 aliphatic carbocycles. The monoisotopic (exact) mass is 329 g/mol. The molecule has 5 nitrogen and oxygen atoms in total. The maximum absolute atomic E-state index is 11.8. The minimum atomic E-state index is -0.170. The first kappa shape index (κ1) is 17.7. The molecule has 0 spiro atoms. The lowest BCUT2D eigenvalue weighted by Crippen LogP contribution is -2.30. The lowest BCUT2D eigenvalue weighted by molar-refractivity contribution is -0.123. The van der Waals surface area contributed by atoms with Crippen LogP contribution in [0.1, 0.15) is 12.0 Å². The number of hydrogen-bond donors (Lipinski definition) is 1. The molecular formula is C19H23NO4. The molecule has 0 aromatic heterocycles. The molecule has 0 bridgehead atoms. The fraction of sp³-hybridized carbons (Fsp3) is 0.316. The molecular weight excluding hydrogens is 306 g/mol. The minimum Gasteiger partial charge on any atom is -0.494 e. The van der Waals surface area contributed by atoms with Gasteiger partial charge in [0.1, 0.15) is 5.75 Å². The number of carbonyl (C=O) groups excluding carboxylic acids is 1. The van der Waals surface area contributed by atoms with Crippen LogP contribution in [0.4, 0.5) is 0 Å². The van der Waals surface area contributed by atoms with Gasteiger partial charge in [-0.1, -0.05) is 24.3 Å². The molecule has 1 N–H and O–H groups in total. The van der Waals surface area contributed by atoms with Crippen LogP contribution in [0.5, 0.6) is 17.2 Å². The summed E-state index contributed by atoms with van der Waals surface area (Å²) in [5, 5.41) is 2.80. The Bertz CT molecular complexity index is 657. The van der Waals surface area contributed by atoms with Crippen molar-refractivity contribution in [1.29, 1.82) is 0 Å². The first-order valence-corrected chi connectivity index (χ1v) is 7.91. The van der Waals surface area contributed by atoms with Crippen LogP contribution in [0.2, 0.25) is 0 Å². The number of rotatable bonds is 9. The van der Waals surface area contributed by atoms with Crippen LogP contribution >= 0.6 is 0 Å². The molecule has 0 aliphatic heterocycles. The molecule has 24 heavy (non-hydrogen) atoms. The van der Waals surface area contributed by atoms with Gasteiger partial charge in [-0.05, 0) is 43.2 Å². The molecule has 1 amide bonds. The Balaban J connectivity index is 1.61. The Morgan fingerprint density at radius 1 is 1.04 bits per heavy atom. The zero-order valence-electron chi connectivity index (χ0n) is 14.1. The normalized spacial score (nSPS) is 10.1. The molecule has 0 radical (unpaired) electrons. The number of hydrogen-bond acceptors (Lipinski definition) is 4. The Labute approximate surface area is 142 Å². The average molecular weight is 329 g/mol. The number of para-hydroxylation sites is 2. The van der Waals surface area contributed by atoms with Crippen molar-refractivity contribution in [1.82, 2.24) is 5.32 Å². The van der Waals surface area contributed by atoms with E-state index >= 15 is 0 Å². The molecule has 0 saturated heterocycles. The number of carbonyl (C=O) groups is 1. The standard InChI is InChI=1S/C19H23NO4/c1-15-7-5-8-16(13-15)23-12-6-11-20-19(21)14-24-18-10-4-3-9-17(18)22-2/h3-5,7-10,13H,6,11-12,14H2,1-2H3,(H,20,21). The van der Waals surface area contributed by atoms with Gasteiger partial charge in [0, 0.05) is 6.54 Å². The summed E-state index contributed by atoms with van der Waals surface area (Å²) >= 11 is 0. The van der Waals surface area contributed by atoms with E-state index < -0.39 is 0 Å². The Morgan fingerprint density at radius 3 is 2.58 bits per heavy atom. The van der Waals surface area contributed by atoms with Crippen molar-refractivity contribution in [2.75, 3.05) is 26.9 Å². The zero-order valence-corrected chi connectivity index (χ0v) is 14.1. The van der Waals surface area contributed by atoms with Crippen molar-refractivity contribution < 1.29 is 19.0 Å². The van der Waals surface area contributed by atoms with Crippen molar-refractivity contribution in [3.63, 3.8) is 0 Å². The smallest absolute Gasteiger partial charge is 0.257 e. The first-order valence-electron chi connectivity index (χ1n) is 7.91. The van der Waals surface area contributed by atoms with E-state index in [-0.39, 0.29) is 12.5 Å². The van der Waals surface area contributed by atoms with E-state index in [0.29, 0.717) is 24.7 Å². The summed E-state index contributed by atoms with van der Waals surface area (Å²) in [4.78, 5) is 11.8. The lowest BCUT2D eigenvalue weighted by atomic mass is 10.2. The van der Waals surface area contributed by atoms with Crippen LogP contribution in [0, 0.1) is 6.92 Å². The highest BCUT2D eigenvalue weighted by Gasteiger charge is 2.06. The van der Waals surface area contributed by atoms with Gasteiger partial charge in [0.05, 0.1) is 13.7 Å². The van der Waals surface area contributed by atoms with E-state index in [4.69, 9.17) is 14.2 Å². The van der Waals surface area contributed by atoms with Crippen LogP contribution in [0.25, 0.3) is 0 Å².